The standard InChI is InChI=1S/C12H13N3O2/c1-3-5-6-9-17-11-13-14(4-2)12(16)15(11)10-7-8-10/h10H,4,7-8H2,1-2H3. The Hall–Kier alpha value is -2.14. The first-order valence-corrected chi connectivity index (χ1v) is 5.55. The molecule has 1 heterocycles. The Morgan fingerprint density at radius 1 is 1.47 bits per heavy atom. The van der Waals surface area contributed by atoms with E-state index in [1.807, 2.05) is 6.92 Å². The van der Waals surface area contributed by atoms with Gasteiger partial charge in [0.25, 0.3) is 0 Å². The zero-order valence-electron chi connectivity index (χ0n) is 9.86. The molecule has 0 unspecified atom stereocenters. The van der Waals surface area contributed by atoms with Gasteiger partial charge in [-0.15, -0.1) is 5.10 Å². The van der Waals surface area contributed by atoms with E-state index in [-0.39, 0.29) is 17.7 Å². The van der Waals surface area contributed by atoms with Crippen molar-refractivity contribution in [1.82, 2.24) is 14.3 Å². The molecule has 0 atom stereocenters. The van der Waals surface area contributed by atoms with Crippen LogP contribution in [0.3, 0.4) is 0 Å². The van der Waals surface area contributed by atoms with Crippen molar-refractivity contribution in [3.8, 4) is 29.9 Å². The van der Waals surface area contributed by atoms with Crippen LogP contribution in [0.15, 0.2) is 4.79 Å². The number of ether oxygens (including phenoxy) is 1. The first kappa shape index (κ1) is 11.3. The molecule has 0 amide bonds. The molecule has 2 rings (SSSR count). The van der Waals surface area contributed by atoms with Gasteiger partial charge in [0.15, 0.2) is 0 Å². The largest absolute Gasteiger partial charge is 0.369 e. The fourth-order valence-electron chi connectivity index (χ4n) is 1.48. The number of rotatable bonds is 3. The molecule has 0 radical (unpaired) electrons. The van der Waals surface area contributed by atoms with Gasteiger partial charge in [0, 0.05) is 18.5 Å². The van der Waals surface area contributed by atoms with E-state index < -0.39 is 0 Å². The second kappa shape index (κ2) is 4.80. The Bertz CT molecular complexity index is 585. The summed E-state index contributed by atoms with van der Waals surface area (Å²) in [6.45, 7) is 4.08. The molecular weight excluding hydrogens is 218 g/mol. The molecule has 0 spiro atoms. The number of aromatic nitrogens is 3. The van der Waals surface area contributed by atoms with Gasteiger partial charge >= 0.3 is 11.7 Å². The van der Waals surface area contributed by atoms with Crippen molar-refractivity contribution < 1.29 is 4.74 Å². The molecule has 1 aliphatic carbocycles. The molecule has 1 aromatic heterocycles. The quantitative estimate of drug-likeness (QED) is 0.722. The van der Waals surface area contributed by atoms with E-state index in [0.29, 0.717) is 6.54 Å². The van der Waals surface area contributed by atoms with Crippen LogP contribution < -0.4 is 10.4 Å². The van der Waals surface area contributed by atoms with Crippen LogP contribution in [0, 0.1) is 23.9 Å². The minimum atomic E-state index is -0.131. The third-order valence-corrected chi connectivity index (χ3v) is 2.43. The fraction of sp³-hybridized carbons (Fsp3) is 0.500. The molecule has 0 aliphatic heterocycles. The SMILES string of the molecule is CC#CC#COc1nn(CC)c(=O)n1C1CC1. The van der Waals surface area contributed by atoms with Gasteiger partial charge < -0.3 is 4.74 Å². The number of nitrogens with zero attached hydrogens (tertiary/aromatic N) is 3. The summed E-state index contributed by atoms with van der Waals surface area (Å²) >= 11 is 0. The highest BCUT2D eigenvalue weighted by atomic mass is 16.5. The van der Waals surface area contributed by atoms with Crippen LogP contribution in [0.4, 0.5) is 0 Å². The van der Waals surface area contributed by atoms with Gasteiger partial charge in [-0.1, -0.05) is 5.92 Å². The molecule has 88 valence electrons. The first-order chi connectivity index (χ1) is 8.27. The molecule has 0 aromatic carbocycles. The zero-order valence-corrected chi connectivity index (χ0v) is 9.86. The summed E-state index contributed by atoms with van der Waals surface area (Å²) in [6.07, 6.45) is 4.42. The Labute approximate surface area is 99.4 Å². The zero-order chi connectivity index (χ0) is 12.3. The molecule has 17 heavy (non-hydrogen) atoms. The average Bonchev–Trinajstić information content (AvgIpc) is 3.10. The van der Waals surface area contributed by atoms with E-state index in [2.05, 4.69) is 29.0 Å². The molecule has 1 aliphatic rings. The molecule has 0 saturated heterocycles. The third kappa shape index (κ3) is 2.34. The van der Waals surface area contributed by atoms with Crippen LogP contribution >= 0.6 is 0 Å². The van der Waals surface area contributed by atoms with Crippen molar-refractivity contribution in [3.05, 3.63) is 10.5 Å². The molecule has 5 nitrogen and oxygen atoms in total. The average molecular weight is 231 g/mol. The predicted molar refractivity (Wildman–Crippen MR) is 62.3 cm³/mol. The first-order valence-electron chi connectivity index (χ1n) is 5.55. The van der Waals surface area contributed by atoms with E-state index >= 15 is 0 Å². The van der Waals surface area contributed by atoms with E-state index in [1.165, 1.54) is 4.68 Å². The Balaban J connectivity index is 2.29. The van der Waals surface area contributed by atoms with Crippen LogP contribution in [0.2, 0.25) is 0 Å². The topological polar surface area (TPSA) is 49.1 Å². The van der Waals surface area contributed by atoms with Crippen LogP contribution in [-0.2, 0) is 6.54 Å². The van der Waals surface area contributed by atoms with Crippen LogP contribution in [0.1, 0.15) is 32.7 Å². The van der Waals surface area contributed by atoms with Crippen molar-refractivity contribution in [2.24, 2.45) is 0 Å². The lowest BCUT2D eigenvalue weighted by molar-refractivity contribution is 0.433. The normalized spacial score (nSPS) is 13.3. The molecule has 0 bridgehead atoms. The van der Waals surface area contributed by atoms with Crippen LogP contribution in [0.25, 0.3) is 0 Å². The van der Waals surface area contributed by atoms with Crippen molar-refractivity contribution >= 4 is 0 Å². The highest BCUT2D eigenvalue weighted by Crippen LogP contribution is 2.35. The monoisotopic (exact) mass is 231 g/mol. The molecule has 1 aromatic rings. The highest BCUT2D eigenvalue weighted by Gasteiger charge is 2.30. The smallest absolute Gasteiger partial charge is 0.348 e. The summed E-state index contributed by atoms with van der Waals surface area (Å²) in [7, 11) is 0. The Morgan fingerprint density at radius 2 is 2.24 bits per heavy atom. The van der Waals surface area contributed by atoms with Gasteiger partial charge in [0.2, 0.25) is 0 Å². The molecule has 1 fully saturated rings. The van der Waals surface area contributed by atoms with E-state index in [4.69, 9.17) is 4.74 Å². The summed E-state index contributed by atoms with van der Waals surface area (Å²) in [5.74, 6) is 7.71. The molecule has 0 N–H and O–H groups in total. The lowest BCUT2D eigenvalue weighted by Gasteiger charge is -1.97. The Morgan fingerprint density at radius 3 is 2.82 bits per heavy atom. The van der Waals surface area contributed by atoms with Gasteiger partial charge in [-0.3, -0.25) is 0 Å². The number of hydrogen-bond donors (Lipinski definition) is 0. The van der Waals surface area contributed by atoms with Gasteiger partial charge in [0.1, 0.15) is 6.11 Å². The predicted octanol–water partition coefficient (Wildman–Crippen LogP) is 0.763. The summed E-state index contributed by atoms with van der Waals surface area (Å²) in [4.78, 5) is 11.9. The Kier molecular flexibility index (Phi) is 3.20. The minimum Gasteiger partial charge on any atom is -0.369 e. The van der Waals surface area contributed by atoms with E-state index in [9.17, 15) is 4.79 Å². The fourth-order valence-corrected chi connectivity index (χ4v) is 1.48. The van der Waals surface area contributed by atoms with Crippen LogP contribution in [0.5, 0.6) is 6.01 Å². The third-order valence-electron chi connectivity index (χ3n) is 2.43. The minimum absolute atomic E-state index is 0.131. The van der Waals surface area contributed by atoms with Crippen molar-refractivity contribution in [3.63, 3.8) is 0 Å². The number of hydrogen-bond acceptors (Lipinski definition) is 3. The van der Waals surface area contributed by atoms with E-state index in [0.717, 1.165) is 12.8 Å². The van der Waals surface area contributed by atoms with Gasteiger partial charge in [-0.25, -0.2) is 14.0 Å². The summed E-state index contributed by atoms with van der Waals surface area (Å²) in [5, 5.41) is 4.08. The van der Waals surface area contributed by atoms with Gasteiger partial charge in [0.05, 0.1) is 0 Å². The summed E-state index contributed by atoms with van der Waals surface area (Å²) < 4.78 is 8.11. The summed E-state index contributed by atoms with van der Waals surface area (Å²) in [5.41, 5.74) is -0.131. The summed E-state index contributed by atoms with van der Waals surface area (Å²) in [6, 6.07) is 0.488. The van der Waals surface area contributed by atoms with Gasteiger partial charge in [-0.05, 0) is 32.6 Å². The number of aryl methyl sites for hydroxylation is 1. The van der Waals surface area contributed by atoms with Crippen LogP contribution in [-0.4, -0.2) is 14.3 Å². The van der Waals surface area contributed by atoms with Gasteiger partial charge in [-0.2, -0.15) is 0 Å². The molecule has 5 heteroatoms. The maximum atomic E-state index is 11.9. The molecular formula is C12H13N3O2. The van der Waals surface area contributed by atoms with Crippen molar-refractivity contribution in [2.75, 3.05) is 0 Å². The molecule has 1 saturated carbocycles. The van der Waals surface area contributed by atoms with Crippen molar-refractivity contribution in [1.29, 1.82) is 0 Å². The maximum Gasteiger partial charge on any atom is 0.348 e. The second-order valence-electron chi connectivity index (χ2n) is 3.69. The lowest BCUT2D eigenvalue weighted by Crippen LogP contribution is -2.23. The lowest BCUT2D eigenvalue weighted by atomic mass is 10.6. The van der Waals surface area contributed by atoms with E-state index in [1.54, 1.807) is 11.5 Å². The maximum absolute atomic E-state index is 11.9. The highest BCUT2D eigenvalue weighted by molar-refractivity contribution is 5.23. The second-order valence-corrected chi connectivity index (χ2v) is 3.69. The van der Waals surface area contributed by atoms with Crippen molar-refractivity contribution in [2.45, 2.75) is 39.3 Å².